The molecule has 0 radical (unpaired) electrons. The Bertz CT molecular complexity index is 610. The minimum Gasteiger partial charge on any atom is -0.481 e. The Morgan fingerprint density at radius 3 is 2.21 bits per heavy atom. The fourth-order valence-corrected chi connectivity index (χ4v) is 4.85. The van der Waals surface area contributed by atoms with Crippen molar-refractivity contribution in [2.45, 2.75) is 11.2 Å². The van der Waals surface area contributed by atoms with Crippen molar-refractivity contribution in [3.63, 3.8) is 0 Å². The molecule has 2 rings (SSSR count). The lowest BCUT2D eigenvalue weighted by Crippen LogP contribution is -2.27. The van der Waals surface area contributed by atoms with Crippen molar-refractivity contribution in [3.8, 4) is 0 Å². The molecule has 0 unspecified atom stereocenters. The number of sulfone groups is 1. The van der Waals surface area contributed by atoms with Crippen molar-refractivity contribution in [3.05, 3.63) is 34.3 Å². The van der Waals surface area contributed by atoms with Crippen LogP contribution in [0.15, 0.2) is 28.7 Å². The van der Waals surface area contributed by atoms with Crippen molar-refractivity contribution < 1.29 is 23.4 Å². The molecular weight excluding hydrogens is 336 g/mol. The highest BCUT2D eigenvalue weighted by Gasteiger charge is 2.74. The van der Waals surface area contributed by atoms with Crippen LogP contribution in [0.5, 0.6) is 0 Å². The van der Waals surface area contributed by atoms with Crippen LogP contribution in [-0.2, 0) is 14.6 Å². The van der Waals surface area contributed by atoms with E-state index in [2.05, 4.69) is 15.9 Å². The molecule has 0 aromatic heterocycles. The third kappa shape index (κ3) is 2.19. The summed E-state index contributed by atoms with van der Waals surface area (Å²) in [6.07, 6.45) is 1.00. The van der Waals surface area contributed by atoms with Crippen molar-refractivity contribution in [1.29, 1.82) is 0 Å². The normalized spacial score (nSPS) is 30.1. The second kappa shape index (κ2) is 4.57. The summed E-state index contributed by atoms with van der Waals surface area (Å²) >= 11 is 3.26. The van der Waals surface area contributed by atoms with Gasteiger partial charge in [-0.1, -0.05) is 28.1 Å². The summed E-state index contributed by atoms with van der Waals surface area (Å²) in [5.41, 5.74) is -1.02. The average molecular weight is 349 g/mol. The predicted molar refractivity (Wildman–Crippen MR) is 72.7 cm³/mol. The summed E-state index contributed by atoms with van der Waals surface area (Å²) in [5, 5.41) is 17.6. The third-order valence-electron chi connectivity index (χ3n) is 3.61. The third-order valence-corrected chi connectivity index (χ3v) is 5.75. The largest absolute Gasteiger partial charge is 0.481 e. The van der Waals surface area contributed by atoms with E-state index in [1.54, 1.807) is 24.3 Å². The molecule has 1 aliphatic rings. The number of carboxylic acids is 1. The van der Waals surface area contributed by atoms with Crippen molar-refractivity contribution >= 4 is 31.7 Å². The first-order chi connectivity index (χ1) is 8.75. The molecule has 1 aliphatic carbocycles. The standard InChI is InChI=1S/C12H13BrO5S/c1-19(17,18)10-9(12(10,6-14)11(15)16)7-2-4-8(13)5-3-7/h2-5,9-10,14H,6H2,1H3,(H,15,16)/t9-,10-,12+/m1/s1. The van der Waals surface area contributed by atoms with Crippen LogP contribution in [0.4, 0.5) is 0 Å². The van der Waals surface area contributed by atoms with Crippen LogP contribution in [0, 0.1) is 5.41 Å². The minimum atomic E-state index is -3.55. The molecule has 0 bridgehead atoms. The fourth-order valence-electron chi connectivity index (χ4n) is 2.69. The number of hydrogen-bond donors (Lipinski definition) is 2. The summed E-state index contributed by atoms with van der Waals surface area (Å²) in [7, 11) is -3.55. The van der Waals surface area contributed by atoms with Crippen LogP contribution in [-0.4, -0.2) is 42.7 Å². The fraction of sp³-hybridized carbons (Fsp3) is 0.417. The van der Waals surface area contributed by atoms with Crippen LogP contribution in [0.1, 0.15) is 11.5 Å². The Labute approximate surface area is 119 Å². The molecule has 5 nitrogen and oxygen atoms in total. The highest BCUT2D eigenvalue weighted by molar-refractivity contribution is 9.10. The topological polar surface area (TPSA) is 91.7 Å². The summed E-state index contributed by atoms with van der Waals surface area (Å²) < 4.78 is 24.3. The number of halogens is 1. The zero-order valence-corrected chi connectivity index (χ0v) is 12.5. The van der Waals surface area contributed by atoms with Crippen LogP contribution >= 0.6 is 15.9 Å². The quantitative estimate of drug-likeness (QED) is 0.847. The Hall–Kier alpha value is -0.920. The summed E-state index contributed by atoms with van der Waals surface area (Å²) in [4.78, 5) is 11.4. The molecule has 1 aromatic carbocycles. The van der Waals surface area contributed by atoms with Crippen molar-refractivity contribution in [2.24, 2.45) is 5.41 Å². The number of aliphatic hydroxyl groups is 1. The highest BCUT2D eigenvalue weighted by atomic mass is 79.9. The molecule has 0 saturated heterocycles. The lowest BCUT2D eigenvalue weighted by atomic mass is 10.0. The maximum absolute atomic E-state index is 11.7. The molecule has 19 heavy (non-hydrogen) atoms. The van der Waals surface area contributed by atoms with E-state index in [4.69, 9.17) is 0 Å². The van der Waals surface area contributed by atoms with Crippen LogP contribution in [0.2, 0.25) is 0 Å². The number of aliphatic hydroxyl groups excluding tert-OH is 1. The van der Waals surface area contributed by atoms with E-state index in [-0.39, 0.29) is 0 Å². The summed E-state index contributed by atoms with van der Waals surface area (Å²) in [5.74, 6) is -1.99. The molecule has 1 aromatic rings. The molecule has 7 heteroatoms. The summed E-state index contributed by atoms with van der Waals surface area (Å²) in [6.45, 7) is -0.694. The molecule has 3 atom stereocenters. The van der Waals surface area contributed by atoms with Gasteiger partial charge in [0, 0.05) is 16.6 Å². The molecule has 104 valence electrons. The minimum absolute atomic E-state index is 0.607. The van der Waals surface area contributed by atoms with Crippen molar-refractivity contribution in [1.82, 2.24) is 0 Å². The SMILES string of the molecule is CS(=O)(=O)[C@@H]1[C@@H](c2ccc(Br)cc2)[C@]1(CO)C(=O)O. The first-order valence-electron chi connectivity index (χ1n) is 5.53. The molecule has 1 saturated carbocycles. The molecule has 0 amide bonds. The number of carbonyl (C=O) groups is 1. The number of hydrogen-bond acceptors (Lipinski definition) is 4. The van der Waals surface area contributed by atoms with Gasteiger partial charge in [0.2, 0.25) is 0 Å². The Morgan fingerprint density at radius 2 is 1.89 bits per heavy atom. The molecule has 2 N–H and O–H groups in total. The number of benzene rings is 1. The molecule has 0 spiro atoms. The lowest BCUT2D eigenvalue weighted by molar-refractivity contribution is -0.145. The predicted octanol–water partition coefficient (Wildman–Crippen LogP) is 1.02. The van der Waals surface area contributed by atoms with Crippen LogP contribution in [0.25, 0.3) is 0 Å². The van der Waals surface area contributed by atoms with E-state index in [1.807, 2.05) is 0 Å². The number of rotatable bonds is 4. The molecular formula is C12H13BrO5S. The van der Waals surface area contributed by atoms with E-state index in [1.165, 1.54) is 0 Å². The highest BCUT2D eigenvalue weighted by Crippen LogP contribution is 2.62. The smallest absolute Gasteiger partial charge is 0.314 e. The van der Waals surface area contributed by atoms with Gasteiger partial charge in [-0.3, -0.25) is 4.79 Å². The van der Waals surface area contributed by atoms with Gasteiger partial charge in [0.1, 0.15) is 5.41 Å². The van der Waals surface area contributed by atoms with Gasteiger partial charge in [0.05, 0.1) is 11.9 Å². The van der Waals surface area contributed by atoms with E-state index in [0.717, 1.165) is 10.7 Å². The number of aliphatic carboxylic acids is 1. The Balaban J connectivity index is 2.50. The van der Waals surface area contributed by atoms with Gasteiger partial charge in [-0.05, 0) is 17.7 Å². The molecule has 0 heterocycles. The average Bonchev–Trinajstić information content (AvgIpc) is 3.00. The second-order valence-electron chi connectivity index (χ2n) is 4.78. The second-order valence-corrected chi connectivity index (χ2v) is 7.87. The zero-order chi connectivity index (χ0) is 14.4. The Kier molecular flexibility index (Phi) is 3.49. The van der Waals surface area contributed by atoms with Gasteiger partial charge in [0.25, 0.3) is 0 Å². The maximum atomic E-state index is 11.7. The number of carboxylic acid groups (broad SMARTS) is 1. The maximum Gasteiger partial charge on any atom is 0.314 e. The lowest BCUT2D eigenvalue weighted by Gasteiger charge is -2.08. The van der Waals surface area contributed by atoms with E-state index in [0.29, 0.717) is 5.56 Å². The van der Waals surface area contributed by atoms with Crippen molar-refractivity contribution in [2.75, 3.05) is 12.9 Å². The van der Waals surface area contributed by atoms with Gasteiger partial charge >= 0.3 is 5.97 Å². The van der Waals surface area contributed by atoms with Gasteiger partial charge in [-0.2, -0.15) is 0 Å². The first kappa shape index (κ1) is 14.5. The Morgan fingerprint density at radius 1 is 1.37 bits per heavy atom. The van der Waals surface area contributed by atoms with Gasteiger partial charge < -0.3 is 10.2 Å². The van der Waals surface area contributed by atoms with Gasteiger partial charge in [-0.15, -0.1) is 0 Å². The first-order valence-corrected chi connectivity index (χ1v) is 8.28. The van der Waals surface area contributed by atoms with Gasteiger partial charge in [0.15, 0.2) is 9.84 Å². The monoisotopic (exact) mass is 348 g/mol. The van der Waals surface area contributed by atoms with Crippen LogP contribution < -0.4 is 0 Å². The zero-order valence-electron chi connectivity index (χ0n) is 10.1. The molecule has 1 fully saturated rings. The van der Waals surface area contributed by atoms with E-state index in [9.17, 15) is 23.4 Å². The van der Waals surface area contributed by atoms with E-state index >= 15 is 0 Å². The molecule has 0 aliphatic heterocycles. The summed E-state index contributed by atoms with van der Waals surface area (Å²) in [6, 6.07) is 6.79. The van der Waals surface area contributed by atoms with Crippen LogP contribution in [0.3, 0.4) is 0 Å². The van der Waals surface area contributed by atoms with Gasteiger partial charge in [-0.25, -0.2) is 8.42 Å². The van der Waals surface area contributed by atoms with E-state index < -0.39 is 39.0 Å².